The minimum Gasteiger partial charge on any atom is -0.480 e. The van der Waals surface area contributed by atoms with Gasteiger partial charge in [0.15, 0.2) is 0 Å². The number of aliphatic carboxylic acids is 1. The molecule has 0 aliphatic rings. The van der Waals surface area contributed by atoms with Crippen LogP contribution in [0.5, 0.6) is 0 Å². The van der Waals surface area contributed by atoms with Crippen LogP contribution in [0.2, 0.25) is 0 Å². The maximum Gasteiger partial charge on any atom is 0.326 e. The number of carbonyl (C=O) groups excluding carboxylic acids is 1. The zero-order valence-corrected chi connectivity index (χ0v) is 12.8. The van der Waals surface area contributed by atoms with Gasteiger partial charge >= 0.3 is 5.97 Å². The molecule has 0 aromatic carbocycles. The van der Waals surface area contributed by atoms with Crippen LogP contribution in [0.3, 0.4) is 0 Å². The van der Waals surface area contributed by atoms with Crippen molar-refractivity contribution in [3.8, 4) is 0 Å². The fourth-order valence-corrected chi connectivity index (χ4v) is 2.21. The number of rotatable bonds is 9. The van der Waals surface area contributed by atoms with Gasteiger partial charge in [-0.05, 0) is 25.4 Å². The van der Waals surface area contributed by atoms with Gasteiger partial charge in [0.05, 0.1) is 6.04 Å². The summed E-state index contributed by atoms with van der Waals surface area (Å²) in [7, 11) is 0. The lowest BCUT2D eigenvalue weighted by molar-refractivity contribution is -0.144. The zero-order valence-electron chi connectivity index (χ0n) is 12.8. The van der Waals surface area contributed by atoms with Gasteiger partial charge in [0.2, 0.25) is 5.91 Å². The lowest BCUT2D eigenvalue weighted by atomic mass is 9.98. The Kier molecular flexibility index (Phi) is 8.39. The summed E-state index contributed by atoms with van der Waals surface area (Å²) in [5.41, 5.74) is 0. The molecule has 0 rings (SSSR count). The molecule has 19 heavy (non-hydrogen) atoms. The topological polar surface area (TPSA) is 69.6 Å². The third-order valence-corrected chi connectivity index (χ3v) is 3.72. The Morgan fingerprint density at radius 3 is 1.95 bits per heavy atom. The van der Waals surface area contributed by atoms with E-state index in [1.165, 1.54) is 0 Å². The highest BCUT2D eigenvalue weighted by atomic mass is 16.4. The van der Waals surface area contributed by atoms with Gasteiger partial charge in [-0.1, -0.05) is 41.0 Å². The molecule has 5 nitrogen and oxygen atoms in total. The van der Waals surface area contributed by atoms with Crippen molar-refractivity contribution in [3.63, 3.8) is 0 Å². The molecule has 0 saturated heterocycles. The molecule has 0 aliphatic heterocycles. The summed E-state index contributed by atoms with van der Waals surface area (Å²) >= 11 is 0. The van der Waals surface area contributed by atoms with Crippen molar-refractivity contribution >= 4 is 11.9 Å². The van der Waals surface area contributed by atoms with Crippen molar-refractivity contribution in [3.05, 3.63) is 0 Å². The van der Waals surface area contributed by atoms with E-state index in [0.717, 1.165) is 19.5 Å². The average molecular weight is 272 g/mol. The molecular formula is C14H28N2O3. The van der Waals surface area contributed by atoms with E-state index in [1.54, 1.807) is 0 Å². The predicted octanol–water partition coefficient (Wildman–Crippen LogP) is 1.72. The SMILES string of the molecule is CCC(C(=O)N[C@H](C(=O)O)[C@@H](C)CC)N(CC)CC. The third-order valence-electron chi connectivity index (χ3n) is 3.72. The second kappa shape index (κ2) is 8.91. The van der Waals surface area contributed by atoms with Crippen molar-refractivity contribution in [2.75, 3.05) is 13.1 Å². The zero-order chi connectivity index (χ0) is 15.0. The summed E-state index contributed by atoms with van der Waals surface area (Å²) in [4.78, 5) is 25.5. The Morgan fingerprint density at radius 2 is 1.63 bits per heavy atom. The highest BCUT2D eigenvalue weighted by Gasteiger charge is 2.29. The first kappa shape index (κ1) is 17.9. The molecule has 3 atom stereocenters. The van der Waals surface area contributed by atoms with Crippen LogP contribution >= 0.6 is 0 Å². The summed E-state index contributed by atoms with van der Waals surface area (Å²) in [6, 6.07) is -1.05. The predicted molar refractivity (Wildman–Crippen MR) is 76.0 cm³/mol. The van der Waals surface area contributed by atoms with Gasteiger partial charge in [-0.25, -0.2) is 4.79 Å². The monoisotopic (exact) mass is 272 g/mol. The molecule has 0 aromatic rings. The number of likely N-dealkylation sites (N-methyl/N-ethyl adjacent to an activating group) is 1. The van der Waals surface area contributed by atoms with Crippen LogP contribution in [0.1, 0.15) is 47.5 Å². The summed E-state index contributed by atoms with van der Waals surface area (Å²) in [6.07, 6.45) is 1.40. The van der Waals surface area contributed by atoms with Gasteiger partial charge in [-0.15, -0.1) is 0 Å². The van der Waals surface area contributed by atoms with E-state index in [4.69, 9.17) is 0 Å². The number of nitrogens with one attached hydrogen (secondary N) is 1. The van der Waals surface area contributed by atoms with Gasteiger partial charge in [0.25, 0.3) is 0 Å². The molecule has 0 bridgehead atoms. The van der Waals surface area contributed by atoms with Crippen molar-refractivity contribution in [1.82, 2.24) is 10.2 Å². The van der Waals surface area contributed by atoms with Crippen LogP contribution in [-0.2, 0) is 9.59 Å². The summed E-state index contributed by atoms with van der Waals surface area (Å²) in [5, 5.41) is 11.9. The van der Waals surface area contributed by atoms with Gasteiger partial charge in [-0.3, -0.25) is 9.69 Å². The number of carboxylic acid groups (broad SMARTS) is 1. The highest BCUT2D eigenvalue weighted by molar-refractivity contribution is 5.87. The quantitative estimate of drug-likeness (QED) is 0.670. The normalized spacial score (nSPS) is 15.9. The molecule has 0 saturated carbocycles. The van der Waals surface area contributed by atoms with Gasteiger partial charge in [-0.2, -0.15) is 0 Å². The fourth-order valence-electron chi connectivity index (χ4n) is 2.21. The van der Waals surface area contributed by atoms with E-state index in [9.17, 15) is 14.7 Å². The molecule has 0 heterocycles. The number of carboxylic acids is 1. The van der Waals surface area contributed by atoms with Crippen LogP contribution in [0.15, 0.2) is 0 Å². The Balaban J connectivity index is 4.82. The maximum atomic E-state index is 12.3. The van der Waals surface area contributed by atoms with Crippen LogP contribution in [0.25, 0.3) is 0 Å². The molecule has 0 aliphatic carbocycles. The summed E-state index contributed by atoms with van der Waals surface area (Å²) in [5.74, 6) is -1.22. The number of carbonyl (C=O) groups is 2. The molecule has 5 heteroatoms. The summed E-state index contributed by atoms with van der Waals surface area (Å²) in [6.45, 7) is 11.3. The van der Waals surface area contributed by atoms with E-state index >= 15 is 0 Å². The van der Waals surface area contributed by atoms with Gasteiger partial charge in [0, 0.05) is 0 Å². The van der Waals surface area contributed by atoms with Crippen molar-refractivity contribution in [2.24, 2.45) is 5.92 Å². The molecule has 2 N–H and O–H groups in total. The van der Waals surface area contributed by atoms with E-state index < -0.39 is 12.0 Å². The van der Waals surface area contributed by atoms with Crippen LogP contribution in [0.4, 0.5) is 0 Å². The molecule has 1 amide bonds. The standard InChI is InChI=1S/C14H28N2O3/c1-6-10(5)12(14(18)19)15-13(17)11(7-2)16(8-3)9-4/h10-12H,6-9H2,1-5H3,(H,15,17)(H,18,19)/t10-,11?,12-/m0/s1. The lowest BCUT2D eigenvalue weighted by Crippen LogP contribution is -2.53. The minimum absolute atomic E-state index is 0.0735. The number of hydrogen-bond acceptors (Lipinski definition) is 3. The minimum atomic E-state index is -0.961. The molecule has 0 spiro atoms. The van der Waals surface area contributed by atoms with E-state index in [1.807, 2.05) is 39.5 Å². The average Bonchev–Trinajstić information content (AvgIpc) is 2.40. The second-order valence-electron chi connectivity index (χ2n) is 4.86. The van der Waals surface area contributed by atoms with Crippen molar-refractivity contribution in [2.45, 2.75) is 59.5 Å². The number of hydrogen-bond donors (Lipinski definition) is 2. The molecule has 112 valence electrons. The Morgan fingerprint density at radius 1 is 1.11 bits per heavy atom. The van der Waals surface area contributed by atoms with Crippen molar-refractivity contribution in [1.29, 1.82) is 0 Å². The molecule has 0 aromatic heterocycles. The first-order chi connectivity index (χ1) is 8.92. The van der Waals surface area contributed by atoms with E-state index in [0.29, 0.717) is 6.42 Å². The Hall–Kier alpha value is -1.10. The largest absolute Gasteiger partial charge is 0.480 e. The summed E-state index contributed by atoms with van der Waals surface area (Å²) < 4.78 is 0. The first-order valence-electron chi connectivity index (χ1n) is 7.19. The first-order valence-corrected chi connectivity index (χ1v) is 7.19. The second-order valence-corrected chi connectivity index (χ2v) is 4.86. The fraction of sp³-hybridized carbons (Fsp3) is 0.857. The molecule has 1 unspecified atom stereocenters. The van der Waals surface area contributed by atoms with Crippen molar-refractivity contribution < 1.29 is 14.7 Å². The number of amides is 1. The van der Waals surface area contributed by atoms with E-state index in [-0.39, 0.29) is 17.9 Å². The molecule has 0 radical (unpaired) electrons. The van der Waals surface area contributed by atoms with Crippen LogP contribution in [0, 0.1) is 5.92 Å². The molecular weight excluding hydrogens is 244 g/mol. The molecule has 0 fully saturated rings. The maximum absolute atomic E-state index is 12.3. The Bertz CT molecular complexity index is 290. The highest BCUT2D eigenvalue weighted by Crippen LogP contribution is 2.10. The lowest BCUT2D eigenvalue weighted by Gasteiger charge is -2.30. The van der Waals surface area contributed by atoms with Crippen LogP contribution < -0.4 is 5.32 Å². The van der Waals surface area contributed by atoms with E-state index in [2.05, 4.69) is 5.32 Å². The van der Waals surface area contributed by atoms with Gasteiger partial charge < -0.3 is 10.4 Å². The number of nitrogens with zero attached hydrogens (tertiary/aromatic N) is 1. The van der Waals surface area contributed by atoms with Gasteiger partial charge in [0.1, 0.15) is 6.04 Å². The third kappa shape index (κ3) is 5.19. The van der Waals surface area contributed by atoms with Crippen LogP contribution in [-0.4, -0.2) is 47.1 Å². The Labute approximate surface area is 116 Å². The smallest absolute Gasteiger partial charge is 0.326 e.